The summed E-state index contributed by atoms with van der Waals surface area (Å²) in [6.07, 6.45) is 12.6. The lowest BCUT2D eigenvalue weighted by Crippen LogP contribution is -2.19. The van der Waals surface area contributed by atoms with Gasteiger partial charge in [0.05, 0.1) is 0 Å². The summed E-state index contributed by atoms with van der Waals surface area (Å²) in [5.74, 6) is 4.11. The molecular weight excluding hydrogens is 447 g/mol. The van der Waals surface area contributed by atoms with Gasteiger partial charge in [-0.15, -0.1) is 13.2 Å². The van der Waals surface area contributed by atoms with Crippen molar-refractivity contribution in [1.82, 2.24) is 0 Å². The van der Waals surface area contributed by atoms with Crippen LogP contribution >= 0.6 is 0 Å². The summed E-state index contributed by atoms with van der Waals surface area (Å²) >= 11 is 0. The number of benzene rings is 1. The van der Waals surface area contributed by atoms with Crippen molar-refractivity contribution in [2.24, 2.45) is 17.8 Å². The molecule has 1 nitrogen and oxygen atoms in total. The second-order valence-electron chi connectivity index (χ2n) is 9.83. The molecule has 0 heterocycles. The average molecular weight is 483 g/mol. The summed E-state index contributed by atoms with van der Waals surface area (Å²) in [6.45, 7) is 2.25. The van der Waals surface area contributed by atoms with Crippen molar-refractivity contribution in [3.05, 3.63) is 41.5 Å². The number of hydrogen-bond donors (Lipinski definition) is 0. The molecule has 0 saturated heterocycles. The monoisotopic (exact) mass is 482 g/mol. The molecule has 188 valence electrons. The first kappa shape index (κ1) is 26.6. The smallest absolute Gasteiger partial charge is 0.399 e. The SMILES string of the molecule is CCCCC[C@H]1CC[C@H](/C=C/C#C[C@H]2CC[C@H](c3cc(F)c(OC(F)(F)F)c(F)c3)CC2)CC1. The van der Waals surface area contributed by atoms with Gasteiger partial charge in [0.2, 0.25) is 5.75 Å². The van der Waals surface area contributed by atoms with Gasteiger partial charge in [0, 0.05) is 5.92 Å². The molecule has 0 N–H and O–H groups in total. The Balaban J connectivity index is 1.43. The van der Waals surface area contributed by atoms with E-state index in [4.69, 9.17) is 0 Å². The molecule has 0 aromatic heterocycles. The molecule has 0 radical (unpaired) electrons. The lowest BCUT2D eigenvalue weighted by atomic mass is 9.78. The highest BCUT2D eigenvalue weighted by atomic mass is 19.4. The topological polar surface area (TPSA) is 9.23 Å². The zero-order chi connectivity index (χ0) is 24.6. The largest absolute Gasteiger partial charge is 0.573 e. The minimum absolute atomic E-state index is 0.0926. The quantitative estimate of drug-likeness (QED) is 0.214. The van der Waals surface area contributed by atoms with Crippen LogP contribution in [0, 0.1) is 41.2 Å². The van der Waals surface area contributed by atoms with Gasteiger partial charge >= 0.3 is 6.36 Å². The van der Waals surface area contributed by atoms with Gasteiger partial charge in [0.25, 0.3) is 0 Å². The number of unbranched alkanes of at least 4 members (excludes halogenated alkanes) is 2. The predicted molar refractivity (Wildman–Crippen MR) is 124 cm³/mol. The molecule has 34 heavy (non-hydrogen) atoms. The molecule has 3 rings (SSSR count). The summed E-state index contributed by atoms with van der Waals surface area (Å²) in [7, 11) is 0. The molecule has 0 unspecified atom stereocenters. The summed E-state index contributed by atoms with van der Waals surface area (Å²) in [6, 6.07) is 1.92. The van der Waals surface area contributed by atoms with Gasteiger partial charge < -0.3 is 4.74 Å². The highest BCUT2D eigenvalue weighted by Gasteiger charge is 2.34. The Kier molecular flexibility index (Phi) is 9.85. The Labute approximate surface area is 200 Å². The maximum Gasteiger partial charge on any atom is 0.573 e. The summed E-state index contributed by atoms with van der Waals surface area (Å²) in [5, 5.41) is 0. The zero-order valence-electron chi connectivity index (χ0n) is 19.9. The van der Waals surface area contributed by atoms with Gasteiger partial charge in [-0.25, -0.2) is 8.78 Å². The van der Waals surface area contributed by atoms with E-state index in [1.165, 1.54) is 51.4 Å². The van der Waals surface area contributed by atoms with E-state index in [2.05, 4.69) is 29.6 Å². The van der Waals surface area contributed by atoms with Crippen LogP contribution in [0.3, 0.4) is 0 Å². The van der Waals surface area contributed by atoms with Crippen molar-refractivity contribution in [2.45, 2.75) is 96.3 Å². The molecule has 2 fully saturated rings. The van der Waals surface area contributed by atoms with Crippen LogP contribution in [0.1, 0.15) is 95.5 Å². The van der Waals surface area contributed by atoms with Gasteiger partial charge in [0.1, 0.15) is 0 Å². The van der Waals surface area contributed by atoms with Gasteiger partial charge in [-0.2, -0.15) is 0 Å². The molecule has 2 aliphatic rings. The second kappa shape index (κ2) is 12.6. The van der Waals surface area contributed by atoms with Crippen molar-refractivity contribution in [1.29, 1.82) is 0 Å². The first-order chi connectivity index (χ1) is 16.2. The van der Waals surface area contributed by atoms with Crippen molar-refractivity contribution in [3.8, 4) is 17.6 Å². The van der Waals surface area contributed by atoms with E-state index in [0.717, 1.165) is 30.9 Å². The average Bonchev–Trinajstić information content (AvgIpc) is 2.80. The molecule has 0 spiro atoms. The maximum atomic E-state index is 14.0. The number of hydrogen-bond acceptors (Lipinski definition) is 1. The third-order valence-corrected chi connectivity index (χ3v) is 7.28. The second-order valence-corrected chi connectivity index (χ2v) is 9.83. The number of alkyl halides is 3. The number of allylic oxidation sites excluding steroid dienone is 2. The lowest BCUT2D eigenvalue weighted by molar-refractivity contribution is -0.276. The van der Waals surface area contributed by atoms with Crippen LogP contribution in [0.15, 0.2) is 24.3 Å². The molecule has 0 amide bonds. The van der Waals surface area contributed by atoms with Gasteiger partial charge in [0.15, 0.2) is 11.6 Å². The van der Waals surface area contributed by atoms with E-state index < -0.39 is 23.7 Å². The van der Waals surface area contributed by atoms with Gasteiger partial charge in [-0.3, -0.25) is 0 Å². The normalized spacial score (nSPS) is 25.7. The van der Waals surface area contributed by atoms with Crippen LogP contribution in [0.2, 0.25) is 0 Å². The van der Waals surface area contributed by atoms with Crippen LogP contribution in [0.4, 0.5) is 22.0 Å². The predicted octanol–water partition coefficient (Wildman–Crippen LogP) is 9.08. The number of ether oxygens (including phenoxy) is 1. The van der Waals surface area contributed by atoms with Crippen molar-refractivity contribution >= 4 is 0 Å². The van der Waals surface area contributed by atoms with Crippen LogP contribution in [0.5, 0.6) is 5.75 Å². The minimum Gasteiger partial charge on any atom is -0.399 e. The Morgan fingerprint density at radius 3 is 2.18 bits per heavy atom. The molecule has 0 aliphatic heterocycles. The molecule has 1 aromatic carbocycles. The molecule has 0 atom stereocenters. The minimum atomic E-state index is -5.14. The maximum absolute atomic E-state index is 14.0. The lowest BCUT2D eigenvalue weighted by Gasteiger charge is -2.26. The molecule has 6 heteroatoms. The first-order valence-electron chi connectivity index (χ1n) is 12.7. The van der Waals surface area contributed by atoms with E-state index in [-0.39, 0.29) is 11.8 Å². The Hall–Kier alpha value is -2.03. The summed E-state index contributed by atoms with van der Waals surface area (Å²) in [4.78, 5) is 0. The van der Waals surface area contributed by atoms with Crippen LogP contribution in [-0.4, -0.2) is 6.36 Å². The molecular formula is C28H35F5O. The van der Waals surface area contributed by atoms with Crippen molar-refractivity contribution < 1.29 is 26.7 Å². The molecule has 2 saturated carbocycles. The van der Waals surface area contributed by atoms with Crippen LogP contribution < -0.4 is 4.74 Å². The first-order valence-corrected chi connectivity index (χ1v) is 12.7. The van der Waals surface area contributed by atoms with E-state index in [0.29, 0.717) is 24.3 Å². The van der Waals surface area contributed by atoms with Crippen LogP contribution in [-0.2, 0) is 0 Å². The molecule has 0 bridgehead atoms. The number of halogens is 5. The third-order valence-electron chi connectivity index (χ3n) is 7.28. The van der Waals surface area contributed by atoms with Crippen molar-refractivity contribution in [3.63, 3.8) is 0 Å². The van der Waals surface area contributed by atoms with E-state index in [1.807, 2.05) is 6.08 Å². The summed E-state index contributed by atoms with van der Waals surface area (Å²) < 4.78 is 68.5. The molecule has 2 aliphatic carbocycles. The van der Waals surface area contributed by atoms with E-state index >= 15 is 0 Å². The Morgan fingerprint density at radius 2 is 1.59 bits per heavy atom. The highest BCUT2D eigenvalue weighted by molar-refractivity contribution is 5.33. The Bertz CT molecular complexity index is 840. The molecule has 1 aromatic rings. The highest BCUT2D eigenvalue weighted by Crippen LogP contribution is 2.38. The zero-order valence-corrected chi connectivity index (χ0v) is 19.9. The van der Waals surface area contributed by atoms with E-state index in [1.54, 1.807) is 0 Å². The van der Waals surface area contributed by atoms with Gasteiger partial charge in [-0.05, 0) is 92.9 Å². The standard InChI is InChI=1S/C28H35F5O/c1-2-3-4-7-20-10-12-21(13-11-20)8-5-6-9-22-14-16-23(17-15-22)24-18-25(29)27(26(30)19-24)34-28(31,32)33/h5,8,18-23H,2-4,7,10-17H2,1H3/b8-5+/t20-,21-,22-,23-. The third kappa shape index (κ3) is 8.32. The van der Waals surface area contributed by atoms with Crippen LogP contribution in [0.25, 0.3) is 0 Å². The van der Waals surface area contributed by atoms with Gasteiger partial charge in [-0.1, -0.05) is 50.5 Å². The fraction of sp³-hybridized carbons (Fsp3) is 0.643. The van der Waals surface area contributed by atoms with E-state index in [9.17, 15) is 22.0 Å². The fourth-order valence-corrected chi connectivity index (χ4v) is 5.30. The fourth-order valence-electron chi connectivity index (χ4n) is 5.30. The van der Waals surface area contributed by atoms with Crippen molar-refractivity contribution in [2.75, 3.05) is 0 Å². The number of rotatable bonds is 7. The summed E-state index contributed by atoms with van der Waals surface area (Å²) in [5.41, 5.74) is 0.376. The Morgan fingerprint density at radius 1 is 0.941 bits per heavy atom.